The maximum absolute atomic E-state index is 11.8. The van der Waals surface area contributed by atoms with Gasteiger partial charge in [0.15, 0.2) is 0 Å². The highest BCUT2D eigenvalue weighted by molar-refractivity contribution is 5.68. The van der Waals surface area contributed by atoms with Gasteiger partial charge in [0.05, 0.1) is 12.1 Å². The standard InChI is InChI=1S/C12H23NO4/c1-10(2,3)17-9(14)13-7-6-11(4,15)12(5,16)8-13/h15-16H,6-8H2,1-5H3/t11-,12+/m1/s1. The van der Waals surface area contributed by atoms with E-state index in [1.807, 2.05) is 0 Å². The Morgan fingerprint density at radius 1 is 1.24 bits per heavy atom. The number of hydrogen-bond donors (Lipinski definition) is 2. The van der Waals surface area contributed by atoms with Crippen LogP contribution in [0, 0.1) is 0 Å². The monoisotopic (exact) mass is 245 g/mol. The summed E-state index contributed by atoms with van der Waals surface area (Å²) in [6.07, 6.45) is -0.118. The molecule has 1 saturated heterocycles. The number of carbonyl (C=O) groups is 1. The van der Waals surface area contributed by atoms with E-state index in [0.29, 0.717) is 13.0 Å². The molecule has 5 heteroatoms. The number of nitrogens with zero attached hydrogens (tertiary/aromatic N) is 1. The van der Waals surface area contributed by atoms with Crippen molar-refractivity contribution in [2.45, 2.75) is 57.8 Å². The maximum Gasteiger partial charge on any atom is 0.410 e. The zero-order valence-corrected chi connectivity index (χ0v) is 11.3. The van der Waals surface area contributed by atoms with Crippen LogP contribution in [0.1, 0.15) is 41.0 Å². The van der Waals surface area contributed by atoms with Gasteiger partial charge in [0.2, 0.25) is 0 Å². The molecule has 0 aromatic heterocycles. The summed E-state index contributed by atoms with van der Waals surface area (Å²) in [6, 6.07) is 0. The lowest BCUT2D eigenvalue weighted by atomic mass is 9.80. The highest BCUT2D eigenvalue weighted by Crippen LogP contribution is 2.31. The highest BCUT2D eigenvalue weighted by Gasteiger charge is 2.47. The summed E-state index contributed by atoms with van der Waals surface area (Å²) in [7, 11) is 0. The van der Waals surface area contributed by atoms with E-state index in [4.69, 9.17) is 4.74 Å². The Labute approximate surface area is 102 Å². The fraction of sp³-hybridized carbons (Fsp3) is 0.917. The molecule has 5 nitrogen and oxygen atoms in total. The number of hydrogen-bond acceptors (Lipinski definition) is 4. The van der Waals surface area contributed by atoms with Crippen LogP contribution in [0.5, 0.6) is 0 Å². The van der Waals surface area contributed by atoms with E-state index in [1.54, 1.807) is 27.7 Å². The Kier molecular flexibility index (Phi) is 3.47. The summed E-state index contributed by atoms with van der Waals surface area (Å²) < 4.78 is 5.23. The largest absolute Gasteiger partial charge is 0.444 e. The molecule has 0 aromatic rings. The molecule has 2 atom stereocenters. The third-order valence-electron chi connectivity index (χ3n) is 3.18. The van der Waals surface area contributed by atoms with E-state index in [9.17, 15) is 15.0 Å². The second kappa shape index (κ2) is 4.14. The third kappa shape index (κ3) is 3.33. The van der Waals surface area contributed by atoms with Gasteiger partial charge in [0, 0.05) is 6.54 Å². The molecule has 1 heterocycles. The first-order valence-electron chi connectivity index (χ1n) is 5.87. The van der Waals surface area contributed by atoms with Gasteiger partial charge in [-0.2, -0.15) is 0 Å². The number of aliphatic hydroxyl groups is 2. The van der Waals surface area contributed by atoms with Crippen molar-refractivity contribution in [1.29, 1.82) is 0 Å². The topological polar surface area (TPSA) is 70.0 Å². The van der Waals surface area contributed by atoms with Gasteiger partial charge < -0.3 is 19.8 Å². The Morgan fingerprint density at radius 3 is 2.18 bits per heavy atom. The molecule has 1 aliphatic heterocycles. The van der Waals surface area contributed by atoms with Crippen LogP contribution in [0.3, 0.4) is 0 Å². The minimum atomic E-state index is -1.32. The number of carbonyl (C=O) groups excluding carboxylic acids is 1. The highest BCUT2D eigenvalue weighted by atomic mass is 16.6. The smallest absolute Gasteiger partial charge is 0.410 e. The van der Waals surface area contributed by atoms with E-state index in [2.05, 4.69) is 0 Å². The van der Waals surface area contributed by atoms with Gasteiger partial charge in [-0.1, -0.05) is 0 Å². The van der Waals surface area contributed by atoms with Gasteiger partial charge >= 0.3 is 6.09 Å². The quantitative estimate of drug-likeness (QED) is 0.671. The second-order valence-electron chi connectivity index (χ2n) is 6.20. The van der Waals surface area contributed by atoms with E-state index in [1.165, 1.54) is 11.8 Å². The lowest BCUT2D eigenvalue weighted by molar-refractivity contribution is -0.167. The molecule has 1 aliphatic rings. The molecule has 2 N–H and O–H groups in total. The Bertz CT molecular complexity index is 304. The molecular formula is C12H23NO4. The van der Waals surface area contributed by atoms with Crippen LogP contribution in [0.25, 0.3) is 0 Å². The van der Waals surface area contributed by atoms with Crippen molar-refractivity contribution in [3.63, 3.8) is 0 Å². The molecule has 0 spiro atoms. The first-order chi connectivity index (χ1) is 7.45. The zero-order valence-electron chi connectivity index (χ0n) is 11.3. The molecule has 1 fully saturated rings. The van der Waals surface area contributed by atoms with Crippen LogP contribution >= 0.6 is 0 Å². The van der Waals surface area contributed by atoms with Crippen molar-refractivity contribution < 1.29 is 19.7 Å². The molecule has 1 rings (SSSR count). The van der Waals surface area contributed by atoms with Crippen molar-refractivity contribution in [1.82, 2.24) is 4.90 Å². The fourth-order valence-electron chi connectivity index (χ4n) is 1.73. The molecule has 0 aliphatic carbocycles. The van der Waals surface area contributed by atoms with Crippen LogP contribution in [-0.2, 0) is 4.74 Å². The number of ether oxygens (including phenoxy) is 1. The van der Waals surface area contributed by atoms with Crippen molar-refractivity contribution in [3.05, 3.63) is 0 Å². The van der Waals surface area contributed by atoms with Gasteiger partial charge in [0.25, 0.3) is 0 Å². The van der Waals surface area contributed by atoms with Gasteiger partial charge in [0.1, 0.15) is 11.2 Å². The van der Waals surface area contributed by atoms with Crippen molar-refractivity contribution in [2.75, 3.05) is 13.1 Å². The van der Waals surface area contributed by atoms with Crippen LogP contribution in [0.15, 0.2) is 0 Å². The lowest BCUT2D eigenvalue weighted by Gasteiger charge is -2.46. The van der Waals surface area contributed by atoms with Crippen molar-refractivity contribution in [2.24, 2.45) is 0 Å². The maximum atomic E-state index is 11.8. The van der Waals surface area contributed by atoms with Gasteiger partial charge in [-0.15, -0.1) is 0 Å². The Morgan fingerprint density at radius 2 is 1.76 bits per heavy atom. The van der Waals surface area contributed by atoms with E-state index < -0.39 is 22.9 Å². The molecular weight excluding hydrogens is 222 g/mol. The van der Waals surface area contributed by atoms with Gasteiger partial charge in [-0.3, -0.25) is 0 Å². The Balaban J connectivity index is 2.69. The van der Waals surface area contributed by atoms with Crippen LogP contribution in [-0.4, -0.2) is 51.1 Å². The molecule has 17 heavy (non-hydrogen) atoms. The van der Waals surface area contributed by atoms with Gasteiger partial charge in [-0.25, -0.2) is 4.79 Å². The molecule has 1 amide bonds. The molecule has 0 saturated carbocycles. The predicted octanol–water partition coefficient (Wildman–Crippen LogP) is 1.13. The van der Waals surface area contributed by atoms with Gasteiger partial charge in [-0.05, 0) is 41.0 Å². The van der Waals surface area contributed by atoms with E-state index >= 15 is 0 Å². The van der Waals surface area contributed by atoms with Crippen molar-refractivity contribution >= 4 is 6.09 Å². The summed E-state index contributed by atoms with van der Waals surface area (Å²) in [5.74, 6) is 0. The van der Waals surface area contributed by atoms with Crippen LogP contribution in [0.4, 0.5) is 4.79 Å². The minimum Gasteiger partial charge on any atom is -0.444 e. The average Bonchev–Trinajstić information content (AvgIpc) is 2.06. The summed E-state index contributed by atoms with van der Waals surface area (Å²) in [6.45, 7) is 8.96. The summed E-state index contributed by atoms with van der Waals surface area (Å²) in [5, 5.41) is 20.1. The number of amides is 1. The van der Waals surface area contributed by atoms with E-state index in [-0.39, 0.29) is 6.54 Å². The zero-order chi connectivity index (χ0) is 13.5. The predicted molar refractivity (Wildman–Crippen MR) is 63.7 cm³/mol. The molecule has 0 aromatic carbocycles. The minimum absolute atomic E-state index is 0.0783. The molecule has 100 valence electrons. The number of rotatable bonds is 0. The lowest BCUT2D eigenvalue weighted by Crippen LogP contribution is -2.63. The Hall–Kier alpha value is -0.810. The SMILES string of the molecule is CC(C)(C)OC(=O)N1CC[C@@](C)(O)[C@@](C)(O)C1. The summed E-state index contributed by atoms with van der Waals surface area (Å²) in [4.78, 5) is 13.3. The second-order valence-corrected chi connectivity index (χ2v) is 6.20. The molecule has 0 radical (unpaired) electrons. The summed E-state index contributed by atoms with van der Waals surface area (Å²) in [5.41, 5.74) is -3.05. The first-order valence-corrected chi connectivity index (χ1v) is 5.87. The number of likely N-dealkylation sites (tertiary alicyclic amines) is 1. The fourth-order valence-corrected chi connectivity index (χ4v) is 1.73. The van der Waals surface area contributed by atoms with Crippen molar-refractivity contribution in [3.8, 4) is 0 Å². The van der Waals surface area contributed by atoms with Crippen LogP contribution in [0.2, 0.25) is 0 Å². The first kappa shape index (κ1) is 14.3. The summed E-state index contributed by atoms with van der Waals surface area (Å²) >= 11 is 0. The number of piperidine rings is 1. The average molecular weight is 245 g/mol. The third-order valence-corrected chi connectivity index (χ3v) is 3.18. The number of β-amino-alcohol motifs (C(OH)–C–C–N with tert-alkyl or cyclic N) is 1. The molecule has 0 unspecified atom stereocenters. The van der Waals surface area contributed by atoms with Crippen LogP contribution < -0.4 is 0 Å². The normalized spacial score (nSPS) is 34.6. The molecule has 0 bridgehead atoms. The van der Waals surface area contributed by atoms with E-state index in [0.717, 1.165) is 0 Å².